The zero-order valence-electron chi connectivity index (χ0n) is 17.1. The molecule has 2 rings (SSSR count). The van der Waals surface area contributed by atoms with Gasteiger partial charge in [-0.3, -0.25) is 0 Å². The van der Waals surface area contributed by atoms with Crippen LogP contribution < -0.4 is 0 Å². The van der Waals surface area contributed by atoms with Gasteiger partial charge in [0.25, 0.3) is 0 Å². The van der Waals surface area contributed by atoms with E-state index in [9.17, 15) is 5.11 Å². The first kappa shape index (κ1) is 21.4. The van der Waals surface area contributed by atoms with Gasteiger partial charge in [-0.2, -0.15) is 0 Å². The first-order valence-corrected chi connectivity index (χ1v) is 10.5. The van der Waals surface area contributed by atoms with Gasteiger partial charge in [-0.05, 0) is 76.7 Å². The van der Waals surface area contributed by atoms with Crippen LogP contribution in [0, 0.1) is 5.92 Å². The molecule has 146 valence electrons. The van der Waals surface area contributed by atoms with Crippen molar-refractivity contribution in [3.63, 3.8) is 0 Å². The zero-order valence-corrected chi connectivity index (χ0v) is 17.1. The molecule has 1 heteroatoms. The smallest absolute Gasteiger partial charge is 0.0723 e. The number of rotatable bonds is 10. The Hall–Kier alpha value is -1.86. The lowest BCUT2D eigenvalue weighted by molar-refractivity contribution is 0.190. The van der Waals surface area contributed by atoms with E-state index >= 15 is 0 Å². The van der Waals surface area contributed by atoms with Crippen LogP contribution in [0.15, 0.2) is 71.9 Å². The molecule has 1 aromatic carbocycles. The molecule has 0 saturated heterocycles. The quantitative estimate of drug-likeness (QED) is 0.342. The van der Waals surface area contributed by atoms with Gasteiger partial charge >= 0.3 is 0 Å². The van der Waals surface area contributed by atoms with Crippen LogP contribution in [0.3, 0.4) is 0 Å². The standard InChI is InChI=1S/C26H36O/c1-22(14-8-5-9-15-24-16-10-6-11-17-24)13-7-3-4-12-18-25-19-20-26(27)21-23(25)2/h3-4,6,9-11,14-17,21,25-27H,5,7-8,12-13,18-20H2,1-2H3/b4-3?,15-9+,22-14+/t25-,26-/m1/s1. The fourth-order valence-corrected chi connectivity index (χ4v) is 3.65. The van der Waals surface area contributed by atoms with Crippen molar-refractivity contribution in [1.29, 1.82) is 0 Å². The predicted molar refractivity (Wildman–Crippen MR) is 119 cm³/mol. The van der Waals surface area contributed by atoms with Crippen LogP contribution in [0.1, 0.15) is 70.8 Å². The van der Waals surface area contributed by atoms with E-state index in [4.69, 9.17) is 0 Å². The van der Waals surface area contributed by atoms with Crippen molar-refractivity contribution in [3.8, 4) is 0 Å². The number of allylic oxidation sites excluding steroid dienone is 6. The highest BCUT2D eigenvalue weighted by molar-refractivity contribution is 5.48. The highest BCUT2D eigenvalue weighted by Crippen LogP contribution is 2.28. The average molecular weight is 365 g/mol. The van der Waals surface area contributed by atoms with Gasteiger partial charge in [0.15, 0.2) is 0 Å². The minimum atomic E-state index is -0.208. The predicted octanol–water partition coefficient (Wildman–Crippen LogP) is 7.26. The van der Waals surface area contributed by atoms with Crippen LogP contribution in [-0.4, -0.2) is 11.2 Å². The SMILES string of the molecule is CC1=C[C@H](O)CC[C@H]1CCC=CCC/C(C)=C/CC/C=C/c1ccccc1. The maximum atomic E-state index is 9.64. The summed E-state index contributed by atoms with van der Waals surface area (Å²) in [6.45, 7) is 4.41. The number of unbranched alkanes of at least 4 members (excludes halogenated alkanes) is 1. The molecule has 0 aromatic heterocycles. The molecule has 0 unspecified atom stereocenters. The fraction of sp³-hybridized carbons (Fsp3) is 0.462. The number of hydrogen-bond acceptors (Lipinski definition) is 1. The Morgan fingerprint density at radius 2 is 1.78 bits per heavy atom. The summed E-state index contributed by atoms with van der Waals surface area (Å²) >= 11 is 0. The van der Waals surface area contributed by atoms with Gasteiger partial charge in [-0.15, -0.1) is 0 Å². The molecule has 0 fully saturated rings. The Kier molecular flexibility index (Phi) is 9.94. The van der Waals surface area contributed by atoms with Crippen molar-refractivity contribution in [3.05, 3.63) is 77.4 Å². The largest absolute Gasteiger partial charge is 0.389 e. The number of hydrogen-bond donors (Lipinski definition) is 1. The van der Waals surface area contributed by atoms with Gasteiger partial charge < -0.3 is 5.11 Å². The minimum absolute atomic E-state index is 0.208. The summed E-state index contributed by atoms with van der Waals surface area (Å²) in [6.07, 6.45) is 22.3. The molecule has 1 nitrogen and oxygen atoms in total. The molecular weight excluding hydrogens is 328 g/mol. The Balaban J connectivity index is 1.55. The Morgan fingerprint density at radius 3 is 2.56 bits per heavy atom. The third kappa shape index (κ3) is 9.06. The van der Waals surface area contributed by atoms with Crippen molar-refractivity contribution in [2.24, 2.45) is 5.92 Å². The molecule has 0 saturated carbocycles. The molecule has 0 radical (unpaired) electrons. The van der Waals surface area contributed by atoms with E-state index in [-0.39, 0.29) is 6.10 Å². The minimum Gasteiger partial charge on any atom is -0.389 e. The van der Waals surface area contributed by atoms with Gasteiger partial charge in [0.2, 0.25) is 0 Å². The first-order chi connectivity index (χ1) is 13.1. The second kappa shape index (κ2) is 12.5. The Labute approximate surface area is 166 Å². The topological polar surface area (TPSA) is 20.2 Å². The fourth-order valence-electron chi connectivity index (χ4n) is 3.65. The van der Waals surface area contributed by atoms with E-state index < -0.39 is 0 Å². The van der Waals surface area contributed by atoms with Crippen LogP contribution in [0.4, 0.5) is 0 Å². The number of benzene rings is 1. The Morgan fingerprint density at radius 1 is 1.00 bits per heavy atom. The summed E-state index contributed by atoms with van der Waals surface area (Å²) in [5.74, 6) is 0.670. The lowest BCUT2D eigenvalue weighted by Crippen LogP contribution is -2.16. The molecule has 0 spiro atoms. The van der Waals surface area contributed by atoms with E-state index in [1.165, 1.54) is 23.1 Å². The van der Waals surface area contributed by atoms with Gasteiger partial charge in [0.05, 0.1) is 6.10 Å². The van der Waals surface area contributed by atoms with Crippen LogP contribution >= 0.6 is 0 Å². The summed E-state index contributed by atoms with van der Waals surface area (Å²) in [7, 11) is 0. The third-order valence-electron chi connectivity index (χ3n) is 5.40. The maximum absolute atomic E-state index is 9.64. The summed E-state index contributed by atoms with van der Waals surface area (Å²) in [5, 5.41) is 9.64. The molecule has 0 heterocycles. The molecule has 1 aliphatic rings. The number of aliphatic hydroxyl groups excluding tert-OH is 1. The summed E-state index contributed by atoms with van der Waals surface area (Å²) in [5.41, 5.74) is 4.15. The van der Waals surface area contributed by atoms with Crippen molar-refractivity contribution in [2.45, 2.75) is 71.3 Å². The molecular formula is C26H36O. The molecule has 0 amide bonds. The summed E-state index contributed by atoms with van der Waals surface area (Å²) < 4.78 is 0. The normalized spacial score (nSPS) is 21.1. The average Bonchev–Trinajstić information content (AvgIpc) is 2.66. The molecule has 1 aromatic rings. The van der Waals surface area contributed by atoms with Crippen molar-refractivity contribution < 1.29 is 5.11 Å². The van der Waals surface area contributed by atoms with E-state index in [1.807, 2.05) is 6.08 Å². The van der Waals surface area contributed by atoms with E-state index in [0.29, 0.717) is 5.92 Å². The molecule has 1 aliphatic carbocycles. The first-order valence-electron chi connectivity index (χ1n) is 10.5. The van der Waals surface area contributed by atoms with Crippen molar-refractivity contribution in [1.82, 2.24) is 0 Å². The van der Waals surface area contributed by atoms with E-state index in [2.05, 4.69) is 74.6 Å². The lowest BCUT2D eigenvalue weighted by Gasteiger charge is -2.24. The molecule has 27 heavy (non-hydrogen) atoms. The van der Waals surface area contributed by atoms with E-state index in [0.717, 1.165) is 44.9 Å². The van der Waals surface area contributed by atoms with Crippen LogP contribution in [0.5, 0.6) is 0 Å². The number of aliphatic hydroxyl groups is 1. The monoisotopic (exact) mass is 364 g/mol. The molecule has 0 bridgehead atoms. The molecule has 0 aliphatic heterocycles. The Bertz CT molecular complexity index is 648. The maximum Gasteiger partial charge on any atom is 0.0723 e. The van der Waals surface area contributed by atoms with Crippen LogP contribution in [0.25, 0.3) is 6.08 Å². The van der Waals surface area contributed by atoms with Crippen molar-refractivity contribution >= 4 is 6.08 Å². The zero-order chi connectivity index (χ0) is 19.3. The highest BCUT2D eigenvalue weighted by Gasteiger charge is 2.17. The second-order valence-corrected chi connectivity index (χ2v) is 7.78. The molecule has 2 atom stereocenters. The highest BCUT2D eigenvalue weighted by atomic mass is 16.3. The van der Waals surface area contributed by atoms with E-state index in [1.54, 1.807) is 0 Å². The third-order valence-corrected chi connectivity index (χ3v) is 5.40. The summed E-state index contributed by atoms with van der Waals surface area (Å²) in [4.78, 5) is 0. The molecule has 1 N–H and O–H groups in total. The van der Waals surface area contributed by atoms with Gasteiger partial charge in [-0.25, -0.2) is 0 Å². The van der Waals surface area contributed by atoms with Crippen molar-refractivity contribution in [2.75, 3.05) is 0 Å². The van der Waals surface area contributed by atoms with Gasteiger partial charge in [0.1, 0.15) is 0 Å². The lowest BCUT2D eigenvalue weighted by atomic mass is 9.84. The van der Waals surface area contributed by atoms with Gasteiger partial charge in [0, 0.05) is 0 Å². The van der Waals surface area contributed by atoms with Crippen LogP contribution in [-0.2, 0) is 0 Å². The second-order valence-electron chi connectivity index (χ2n) is 7.78. The van der Waals surface area contributed by atoms with Gasteiger partial charge in [-0.1, -0.05) is 77.9 Å². The van der Waals surface area contributed by atoms with Crippen LogP contribution in [0.2, 0.25) is 0 Å². The summed E-state index contributed by atoms with van der Waals surface area (Å²) in [6, 6.07) is 10.5.